The number of hydrogen-bond acceptors (Lipinski definition) is 4. The van der Waals surface area contributed by atoms with Crippen LogP contribution in [0.5, 0.6) is 0 Å². The predicted octanol–water partition coefficient (Wildman–Crippen LogP) is 5.59. The van der Waals surface area contributed by atoms with E-state index in [1.165, 1.54) is 25.7 Å². The van der Waals surface area contributed by atoms with Gasteiger partial charge in [0.1, 0.15) is 0 Å². The maximum Gasteiger partial charge on any atom is 0.510 e. The Morgan fingerprint density at radius 2 is 2.07 bits per heavy atom. The number of allylic oxidation sites excluding steroid dienone is 2. The van der Waals surface area contributed by atoms with Crippen molar-refractivity contribution in [1.82, 2.24) is 0 Å². The molecule has 0 aromatic rings. The lowest BCUT2D eigenvalue weighted by Gasteiger charge is -2.57. The van der Waals surface area contributed by atoms with Crippen LogP contribution >= 0.6 is 0 Å². The summed E-state index contributed by atoms with van der Waals surface area (Å²) >= 11 is 0. The molecule has 4 nitrogen and oxygen atoms in total. The van der Waals surface area contributed by atoms with Gasteiger partial charge in [0.25, 0.3) is 0 Å². The second-order valence-corrected chi connectivity index (χ2v) is 9.70. The third-order valence-corrected chi connectivity index (χ3v) is 8.55. The standard InChI is InChI=1S/C23H36O4/c1-3-15-26-21(25)27-20(24)23-13-6-8-19(23)17-10-9-16-7-4-5-12-22(16,2)18(17)11-14-23/h9,17-20,24H,3-8,10-15H2,1-2H3/t17-,18+,19+,20?,22+,23-/m1/s1. The first-order chi connectivity index (χ1) is 13.0. The smallest absolute Gasteiger partial charge is 0.434 e. The van der Waals surface area contributed by atoms with Crippen LogP contribution < -0.4 is 0 Å². The lowest BCUT2D eigenvalue weighted by Crippen LogP contribution is -2.53. The number of carbonyl (C=O) groups excluding carboxylic acids is 1. The minimum Gasteiger partial charge on any atom is -0.434 e. The molecule has 4 aliphatic carbocycles. The average Bonchev–Trinajstić information content (AvgIpc) is 3.11. The van der Waals surface area contributed by atoms with Crippen molar-refractivity contribution >= 4 is 6.16 Å². The van der Waals surface area contributed by atoms with E-state index in [1.807, 2.05) is 6.92 Å². The molecule has 4 aliphatic rings. The van der Waals surface area contributed by atoms with Gasteiger partial charge in [0.2, 0.25) is 6.29 Å². The van der Waals surface area contributed by atoms with Crippen molar-refractivity contribution in [1.29, 1.82) is 0 Å². The van der Waals surface area contributed by atoms with E-state index in [0.29, 0.717) is 23.9 Å². The van der Waals surface area contributed by atoms with Crippen molar-refractivity contribution in [2.24, 2.45) is 28.6 Å². The molecule has 1 N–H and O–H groups in total. The molecule has 3 fully saturated rings. The zero-order valence-corrected chi connectivity index (χ0v) is 17.0. The van der Waals surface area contributed by atoms with Gasteiger partial charge < -0.3 is 14.6 Å². The Morgan fingerprint density at radius 3 is 2.89 bits per heavy atom. The minimum atomic E-state index is -1.03. The first-order valence-electron chi connectivity index (χ1n) is 11.2. The number of carbonyl (C=O) groups is 1. The van der Waals surface area contributed by atoms with Gasteiger partial charge in [-0.3, -0.25) is 0 Å². The first-order valence-corrected chi connectivity index (χ1v) is 11.2. The molecule has 0 aliphatic heterocycles. The number of hydrogen-bond donors (Lipinski definition) is 1. The second-order valence-electron chi connectivity index (χ2n) is 9.70. The molecule has 0 heterocycles. The van der Waals surface area contributed by atoms with Crippen molar-refractivity contribution in [3.8, 4) is 0 Å². The molecule has 0 saturated heterocycles. The molecule has 3 saturated carbocycles. The Kier molecular flexibility index (Phi) is 5.30. The lowest BCUT2D eigenvalue weighted by atomic mass is 9.48. The number of fused-ring (bicyclic) bond motifs is 5. The highest BCUT2D eigenvalue weighted by Gasteiger charge is 2.60. The quantitative estimate of drug-likeness (QED) is 0.395. The predicted molar refractivity (Wildman–Crippen MR) is 104 cm³/mol. The van der Waals surface area contributed by atoms with Gasteiger partial charge in [-0.15, -0.1) is 0 Å². The van der Waals surface area contributed by atoms with Gasteiger partial charge in [-0.1, -0.05) is 38.3 Å². The van der Waals surface area contributed by atoms with E-state index in [9.17, 15) is 9.90 Å². The molecule has 0 spiro atoms. The monoisotopic (exact) mass is 376 g/mol. The molecule has 0 radical (unpaired) electrons. The molecular weight excluding hydrogens is 340 g/mol. The van der Waals surface area contributed by atoms with Crippen molar-refractivity contribution in [2.75, 3.05) is 6.61 Å². The van der Waals surface area contributed by atoms with E-state index in [1.54, 1.807) is 5.57 Å². The zero-order valence-electron chi connectivity index (χ0n) is 17.0. The largest absolute Gasteiger partial charge is 0.510 e. The van der Waals surface area contributed by atoms with E-state index < -0.39 is 12.4 Å². The summed E-state index contributed by atoms with van der Waals surface area (Å²) in [4.78, 5) is 11.9. The lowest BCUT2D eigenvalue weighted by molar-refractivity contribution is -0.196. The summed E-state index contributed by atoms with van der Waals surface area (Å²) in [6.07, 6.45) is 13.4. The van der Waals surface area contributed by atoms with Crippen LogP contribution in [-0.4, -0.2) is 24.2 Å². The molecule has 152 valence electrons. The first kappa shape index (κ1) is 19.3. The summed E-state index contributed by atoms with van der Waals surface area (Å²) in [5.74, 6) is 1.81. The fourth-order valence-electron chi connectivity index (χ4n) is 7.26. The highest BCUT2D eigenvalue weighted by Crippen LogP contribution is 2.65. The van der Waals surface area contributed by atoms with Crippen molar-refractivity contribution < 1.29 is 19.4 Å². The average molecular weight is 377 g/mol. The highest BCUT2D eigenvalue weighted by atomic mass is 16.8. The molecule has 4 rings (SSSR count). The van der Waals surface area contributed by atoms with E-state index >= 15 is 0 Å². The number of aliphatic hydroxyl groups excluding tert-OH is 1. The Balaban J connectivity index is 1.54. The maximum atomic E-state index is 11.9. The van der Waals surface area contributed by atoms with Crippen LogP contribution in [0.1, 0.15) is 84.5 Å². The van der Waals surface area contributed by atoms with Gasteiger partial charge in [0.15, 0.2) is 0 Å². The van der Waals surface area contributed by atoms with Crippen LogP contribution in [0, 0.1) is 28.6 Å². The number of aliphatic hydroxyl groups is 1. The van der Waals surface area contributed by atoms with E-state index in [4.69, 9.17) is 9.47 Å². The third-order valence-electron chi connectivity index (χ3n) is 8.55. The fourth-order valence-corrected chi connectivity index (χ4v) is 7.26. The van der Waals surface area contributed by atoms with Gasteiger partial charge in [0.05, 0.1) is 6.61 Å². The normalized spacial score (nSPS) is 41.6. The minimum absolute atomic E-state index is 0.261. The molecular formula is C23H36O4. The molecule has 0 bridgehead atoms. The van der Waals surface area contributed by atoms with Crippen molar-refractivity contribution in [3.63, 3.8) is 0 Å². The van der Waals surface area contributed by atoms with Gasteiger partial charge in [-0.25, -0.2) is 4.79 Å². The van der Waals surface area contributed by atoms with Crippen LogP contribution in [0.15, 0.2) is 11.6 Å². The Hall–Kier alpha value is -1.03. The summed E-state index contributed by atoms with van der Waals surface area (Å²) in [7, 11) is 0. The molecule has 4 heteroatoms. The van der Waals surface area contributed by atoms with Crippen LogP contribution in [0.25, 0.3) is 0 Å². The summed E-state index contributed by atoms with van der Waals surface area (Å²) in [6, 6.07) is 0. The zero-order chi connectivity index (χ0) is 19.1. The molecule has 6 atom stereocenters. The van der Waals surface area contributed by atoms with E-state index in [-0.39, 0.29) is 5.41 Å². The van der Waals surface area contributed by atoms with Crippen LogP contribution in [0.2, 0.25) is 0 Å². The molecule has 0 aromatic heterocycles. The molecule has 1 unspecified atom stereocenters. The summed E-state index contributed by atoms with van der Waals surface area (Å²) < 4.78 is 10.4. The molecule has 0 amide bonds. The maximum absolute atomic E-state index is 11.9. The van der Waals surface area contributed by atoms with Gasteiger partial charge in [-0.2, -0.15) is 0 Å². The van der Waals surface area contributed by atoms with Crippen LogP contribution in [0.4, 0.5) is 4.79 Å². The van der Waals surface area contributed by atoms with Crippen LogP contribution in [0.3, 0.4) is 0 Å². The molecule has 0 aromatic carbocycles. The summed E-state index contributed by atoms with van der Waals surface area (Å²) in [5, 5.41) is 11.0. The highest BCUT2D eigenvalue weighted by molar-refractivity contribution is 5.60. The summed E-state index contributed by atoms with van der Waals surface area (Å²) in [6.45, 7) is 4.80. The van der Waals surface area contributed by atoms with E-state index in [0.717, 1.165) is 50.9 Å². The summed E-state index contributed by atoms with van der Waals surface area (Å²) in [5.41, 5.74) is 1.81. The Morgan fingerprint density at radius 1 is 1.22 bits per heavy atom. The van der Waals surface area contributed by atoms with Gasteiger partial charge >= 0.3 is 6.16 Å². The van der Waals surface area contributed by atoms with Crippen molar-refractivity contribution in [3.05, 3.63) is 11.6 Å². The number of ether oxygens (including phenoxy) is 2. The van der Waals surface area contributed by atoms with Gasteiger partial charge in [0, 0.05) is 5.41 Å². The van der Waals surface area contributed by atoms with Crippen LogP contribution in [-0.2, 0) is 9.47 Å². The van der Waals surface area contributed by atoms with E-state index in [2.05, 4.69) is 13.0 Å². The van der Waals surface area contributed by atoms with Crippen molar-refractivity contribution in [2.45, 2.75) is 90.8 Å². The topological polar surface area (TPSA) is 55.8 Å². The second kappa shape index (κ2) is 7.42. The molecule has 27 heavy (non-hydrogen) atoms. The Labute approximate surface area is 163 Å². The van der Waals surface area contributed by atoms with Gasteiger partial charge in [-0.05, 0) is 81.0 Å². The fraction of sp³-hybridized carbons (Fsp3) is 0.870. The third kappa shape index (κ3) is 3.12. The number of rotatable bonds is 4. The Bertz CT molecular complexity index is 599. The SMILES string of the molecule is CCCOC(=O)OC(O)[C@@]12CCC[C@H]1[C@@H]1CC=C3CCCC[C@]3(C)[C@H]1CC2.